The van der Waals surface area contributed by atoms with Gasteiger partial charge in [0, 0.05) is 25.0 Å². The quantitative estimate of drug-likeness (QED) is 0.394. The monoisotopic (exact) mass is 473 g/mol. The molecule has 2 aliphatic carbocycles. The summed E-state index contributed by atoms with van der Waals surface area (Å²) in [6, 6.07) is 0.0841. The molecule has 2 heterocycles. The molecule has 0 atom stereocenters. The summed E-state index contributed by atoms with van der Waals surface area (Å²) in [6.45, 7) is 10.1. The third-order valence-electron chi connectivity index (χ3n) is 6.26. The van der Waals surface area contributed by atoms with Gasteiger partial charge >= 0.3 is 5.69 Å². The lowest BCUT2D eigenvalue weighted by Gasteiger charge is -2.24. The topological polar surface area (TPSA) is 101 Å². The van der Waals surface area contributed by atoms with Crippen LogP contribution in [0.15, 0.2) is 14.6 Å². The maximum Gasteiger partial charge on any atom is 0.330 e. The first-order chi connectivity index (χ1) is 15.7. The number of fused-ring (bicyclic) bond motifs is 1. The Labute approximate surface area is 198 Å². The normalized spacial score (nSPS) is 16.2. The van der Waals surface area contributed by atoms with Crippen molar-refractivity contribution in [2.45, 2.75) is 83.2 Å². The van der Waals surface area contributed by atoms with E-state index in [4.69, 9.17) is 4.98 Å². The number of hydrogen-bond acceptors (Lipinski definition) is 6. The number of nitrogens with zero attached hydrogens (tertiary/aromatic N) is 4. The van der Waals surface area contributed by atoms with Crippen LogP contribution in [0.3, 0.4) is 0 Å². The highest BCUT2D eigenvalue weighted by molar-refractivity contribution is 8.00. The van der Waals surface area contributed by atoms with Crippen molar-refractivity contribution in [1.29, 1.82) is 0 Å². The highest BCUT2D eigenvalue weighted by atomic mass is 32.2. The third-order valence-corrected chi connectivity index (χ3v) is 7.22. The van der Waals surface area contributed by atoms with E-state index >= 15 is 0 Å². The lowest BCUT2D eigenvalue weighted by Crippen LogP contribution is -2.35. The molecule has 0 radical (unpaired) electrons. The van der Waals surface area contributed by atoms with Crippen LogP contribution in [-0.2, 0) is 4.79 Å². The van der Waals surface area contributed by atoms with Crippen LogP contribution in [0.5, 0.6) is 0 Å². The molecule has 2 saturated carbocycles. The van der Waals surface area contributed by atoms with E-state index < -0.39 is 11.2 Å². The van der Waals surface area contributed by atoms with Crippen LogP contribution in [0.25, 0.3) is 11.0 Å². The molecule has 8 nitrogen and oxygen atoms in total. The molecule has 9 heteroatoms. The van der Waals surface area contributed by atoms with Crippen molar-refractivity contribution in [3.05, 3.63) is 26.7 Å². The van der Waals surface area contributed by atoms with Gasteiger partial charge in [-0.3, -0.25) is 19.1 Å². The van der Waals surface area contributed by atoms with Gasteiger partial charge in [0.2, 0.25) is 5.91 Å². The second-order valence-electron chi connectivity index (χ2n) is 10.3. The van der Waals surface area contributed by atoms with E-state index in [1.54, 1.807) is 4.57 Å². The molecular formula is C24H35N5O3S. The van der Waals surface area contributed by atoms with Gasteiger partial charge in [-0.05, 0) is 50.4 Å². The third kappa shape index (κ3) is 5.86. The molecule has 2 aliphatic rings. The van der Waals surface area contributed by atoms with Gasteiger partial charge in [-0.2, -0.15) is 0 Å². The van der Waals surface area contributed by atoms with Crippen molar-refractivity contribution >= 4 is 28.7 Å². The van der Waals surface area contributed by atoms with Crippen molar-refractivity contribution in [1.82, 2.24) is 24.4 Å². The highest BCUT2D eigenvalue weighted by Gasteiger charge is 2.32. The molecule has 2 fully saturated rings. The zero-order valence-electron chi connectivity index (χ0n) is 20.1. The van der Waals surface area contributed by atoms with Crippen LogP contribution in [0.2, 0.25) is 0 Å². The zero-order chi connectivity index (χ0) is 23.7. The van der Waals surface area contributed by atoms with Gasteiger partial charge in [-0.15, -0.1) is 0 Å². The average molecular weight is 474 g/mol. The van der Waals surface area contributed by atoms with Crippen LogP contribution < -0.4 is 11.2 Å². The molecular weight excluding hydrogens is 438 g/mol. The first kappa shape index (κ1) is 24.0. The molecule has 2 aromatic rings. The van der Waals surface area contributed by atoms with E-state index in [1.807, 2.05) is 4.90 Å². The standard InChI is InChI=1S/C24H35N5O3S/c1-14(2)9-11-28(12-10-15(3)4)18(30)13-33-23-19-21(25-20(26-23)16-5-6-16)29(17-7-8-17)24(32)27-22(19)31/h14-17H,5-13H2,1-4H3,(H,27,31,32). The number of hydrogen-bond donors (Lipinski definition) is 1. The first-order valence-corrected chi connectivity index (χ1v) is 13.2. The van der Waals surface area contributed by atoms with Gasteiger partial charge in [-0.1, -0.05) is 39.5 Å². The minimum absolute atomic E-state index is 0.0629. The summed E-state index contributed by atoms with van der Waals surface area (Å²) in [4.78, 5) is 52.2. The fraction of sp³-hybridized carbons (Fsp3) is 0.708. The Kier molecular flexibility index (Phi) is 7.26. The van der Waals surface area contributed by atoms with Crippen LogP contribution in [-0.4, -0.2) is 49.2 Å². The van der Waals surface area contributed by atoms with Crippen molar-refractivity contribution in [3.8, 4) is 0 Å². The maximum absolute atomic E-state index is 13.2. The number of carbonyl (C=O) groups is 1. The Morgan fingerprint density at radius 3 is 2.24 bits per heavy atom. The molecule has 0 saturated heterocycles. The largest absolute Gasteiger partial charge is 0.342 e. The van der Waals surface area contributed by atoms with Gasteiger partial charge in [0.15, 0.2) is 5.65 Å². The number of aromatic nitrogens is 4. The lowest BCUT2D eigenvalue weighted by molar-refractivity contribution is -0.128. The minimum Gasteiger partial charge on any atom is -0.342 e. The van der Waals surface area contributed by atoms with Crippen LogP contribution in [0.4, 0.5) is 0 Å². The predicted octanol–water partition coefficient (Wildman–Crippen LogP) is 3.71. The van der Waals surface area contributed by atoms with Crippen molar-refractivity contribution < 1.29 is 4.79 Å². The number of nitrogens with one attached hydrogen (secondary N) is 1. The molecule has 180 valence electrons. The van der Waals surface area contributed by atoms with Crippen LogP contribution in [0.1, 0.15) is 84.0 Å². The lowest BCUT2D eigenvalue weighted by atomic mass is 10.1. The van der Waals surface area contributed by atoms with Crippen LogP contribution in [0, 0.1) is 11.8 Å². The number of amides is 1. The Morgan fingerprint density at radius 1 is 1.06 bits per heavy atom. The summed E-state index contributed by atoms with van der Waals surface area (Å²) in [6.07, 6.45) is 5.78. The van der Waals surface area contributed by atoms with Gasteiger partial charge in [0.05, 0.1) is 5.75 Å². The summed E-state index contributed by atoms with van der Waals surface area (Å²) in [5.74, 6) is 2.30. The second kappa shape index (κ2) is 9.99. The fourth-order valence-electron chi connectivity index (χ4n) is 3.84. The van der Waals surface area contributed by atoms with Crippen molar-refractivity contribution in [2.75, 3.05) is 18.8 Å². The van der Waals surface area contributed by atoms with E-state index in [1.165, 1.54) is 11.8 Å². The van der Waals surface area contributed by atoms with E-state index in [2.05, 4.69) is 37.7 Å². The Bertz CT molecular complexity index is 1120. The fourth-order valence-corrected chi connectivity index (χ4v) is 4.77. The van der Waals surface area contributed by atoms with E-state index in [0.717, 1.165) is 51.6 Å². The van der Waals surface area contributed by atoms with E-state index in [9.17, 15) is 14.4 Å². The second-order valence-corrected chi connectivity index (χ2v) is 11.2. The number of aromatic amines is 1. The van der Waals surface area contributed by atoms with Gasteiger partial charge < -0.3 is 4.90 Å². The molecule has 0 aliphatic heterocycles. The molecule has 0 spiro atoms. The summed E-state index contributed by atoms with van der Waals surface area (Å²) < 4.78 is 1.62. The zero-order valence-corrected chi connectivity index (χ0v) is 20.9. The van der Waals surface area contributed by atoms with Crippen molar-refractivity contribution in [2.24, 2.45) is 11.8 Å². The molecule has 4 rings (SSSR count). The SMILES string of the molecule is CC(C)CCN(CCC(C)C)C(=O)CSc1nc(C2CC2)nc2c1c(=O)[nH]c(=O)n2C1CC1. The Morgan fingerprint density at radius 2 is 1.70 bits per heavy atom. The summed E-state index contributed by atoms with van der Waals surface area (Å²) in [5, 5.41) is 0.846. The number of carbonyl (C=O) groups excluding carboxylic acids is 1. The highest BCUT2D eigenvalue weighted by Crippen LogP contribution is 2.40. The molecule has 1 N–H and O–H groups in total. The summed E-state index contributed by atoms with van der Waals surface area (Å²) in [5.41, 5.74) is -0.453. The minimum atomic E-state index is -0.472. The average Bonchev–Trinajstić information content (AvgIpc) is 3.64. The maximum atomic E-state index is 13.2. The first-order valence-electron chi connectivity index (χ1n) is 12.2. The number of thioether (sulfide) groups is 1. The van der Waals surface area contributed by atoms with Gasteiger partial charge in [0.1, 0.15) is 16.2 Å². The molecule has 0 bridgehead atoms. The van der Waals surface area contributed by atoms with Crippen LogP contribution >= 0.6 is 11.8 Å². The molecule has 0 unspecified atom stereocenters. The van der Waals surface area contributed by atoms with Crippen molar-refractivity contribution in [3.63, 3.8) is 0 Å². The van der Waals surface area contributed by atoms with E-state index in [-0.39, 0.29) is 23.6 Å². The molecule has 2 aromatic heterocycles. The molecule has 0 aromatic carbocycles. The van der Waals surface area contributed by atoms with Gasteiger partial charge in [-0.25, -0.2) is 14.8 Å². The molecule has 1 amide bonds. The van der Waals surface area contributed by atoms with E-state index in [0.29, 0.717) is 33.7 Å². The molecule has 33 heavy (non-hydrogen) atoms. The summed E-state index contributed by atoms with van der Waals surface area (Å²) >= 11 is 1.30. The predicted molar refractivity (Wildman–Crippen MR) is 131 cm³/mol. The van der Waals surface area contributed by atoms with Gasteiger partial charge in [0.25, 0.3) is 5.56 Å². The summed E-state index contributed by atoms with van der Waals surface area (Å²) in [7, 11) is 0. The number of rotatable bonds is 11. The Hall–Kier alpha value is -2.16. The number of H-pyrrole nitrogens is 1. The smallest absolute Gasteiger partial charge is 0.330 e. The Balaban J connectivity index is 1.62.